The van der Waals surface area contributed by atoms with Gasteiger partial charge in [-0.2, -0.15) is 0 Å². The number of furan rings is 1. The van der Waals surface area contributed by atoms with Crippen LogP contribution in [0.1, 0.15) is 22.6 Å². The van der Waals surface area contributed by atoms with Crippen LogP contribution in [0.4, 0.5) is 5.82 Å². The van der Waals surface area contributed by atoms with Crippen molar-refractivity contribution in [1.82, 2.24) is 10.1 Å². The molecule has 130 valence electrons. The molecule has 0 spiro atoms. The van der Waals surface area contributed by atoms with Gasteiger partial charge in [0.05, 0.1) is 5.69 Å². The number of nitrogens with two attached hydrogens (primary N) is 1. The first kappa shape index (κ1) is 16.4. The molecule has 3 aromatic heterocycles. The van der Waals surface area contributed by atoms with Crippen molar-refractivity contribution in [2.24, 2.45) is 0 Å². The largest absolute Gasteiger partial charge is 0.449 e. The Morgan fingerprint density at radius 1 is 0.923 bits per heavy atom. The van der Waals surface area contributed by atoms with Crippen LogP contribution in [-0.4, -0.2) is 10.1 Å². The molecule has 3 heterocycles. The van der Waals surface area contributed by atoms with E-state index in [1.807, 2.05) is 18.2 Å². The minimum absolute atomic E-state index is 0.412. The van der Waals surface area contributed by atoms with Gasteiger partial charge in [-0.25, -0.2) is 4.98 Å². The van der Waals surface area contributed by atoms with Crippen molar-refractivity contribution in [3.05, 3.63) is 88.6 Å². The van der Waals surface area contributed by atoms with Crippen LogP contribution in [0, 0.1) is 0 Å². The topological polar surface area (TPSA) is 78.1 Å². The molecule has 1 aromatic carbocycles. The summed E-state index contributed by atoms with van der Waals surface area (Å²) in [7, 11) is 0. The first-order valence-electron chi connectivity index (χ1n) is 8.15. The zero-order valence-electron chi connectivity index (χ0n) is 13.9. The van der Waals surface area contributed by atoms with Gasteiger partial charge in [0.1, 0.15) is 11.6 Å². The number of anilines is 1. The molecule has 4 rings (SSSR count). The summed E-state index contributed by atoms with van der Waals surface area (Å²) in [4.78, 5) is 4.07. The molecule has 5 nitrogen and oxygen atoms in total. The van der Waals surface area contributed by atoms with Gasteiger partial charge in [0.15, 0.2) is 11.0 Å². The number of pyridine rings is 1. The fraction of sp³-hybridized carbons (Fsp3) is 0.100. The monoisotopic (exact) mass is 365 g/mol. The molecule has 0 aliphatic rings. The summed E-state index contributed by atoms with van der Waals surface area (Å²) in [5.41, 5.74) is 9.63. The number of nitrogens with zero attached hydrogens (tertiary/aromatic N) is 2. The molecule has 0 saturated carbocycles. The molecule has 0 unspecified atom stereocenters. The molecule has 26 heavy (non-hydrogen) atoms. The van der Waals surface area contributed by atoms with Crippen LogP contribution in [0.3, 0.4) is 0 Å². The lowest BCUT2D eigenvalue weighted by molar-refractivity contribution is 0.425. The lowest BCUT2D eigenvalue weighted by Crippen LogP contribution is -1.90. The third-order valence-electron chi connectivity index (χ3n) is 4.05. The first-order chi connectivity index (χ1) is 12.7. The predicted octanol–water partition coefficient (Wildman–Crippen LogP) is 4.75. The molecule has 0 fully saturated rings. The summed E-state index contributed by atoms with van der Waals surface area (Å²) in [5.74, 6) is 2.00. The lowest BCUT2D eigenvalue weighted by atomic mass is 10.0. The molecule has 0 aliphatic carbocycles. The minimum Gasteiger partial charge on any atom is -0.449 e. The molecule has 0 radical (unpaired) electrons. The molecule has 0 saturated heterocycles. The van der Waals surface area contributed by atoms with Crippen molar-refractivity contribution < 1.29 is 8.94 Å². The number of halogens is 1. The predicted molar refractivity (Wildman–Crippen MR) is 99.9 cm³/mol. The molecular weight excluding hydrogens is 350 g/mol. The zero-order valence-corrected chi connectivity index (χ0v) is 14.6. The summed E-state index contributed by atoms with van der Waals surface area (Å²) in [6.45, 7) is 0. The highest BCUT2D eigenvalue weighted by Gasteiger charge is 2.08. The summed E-state index contributed by atoms with van der Waals surface area (Å²) < 4.78 is 10.8. The Morgan fingerprint density at radius 3 is 2.35 bits per heavy atom. The standard InChI is InChI=1S/C20H16ClN3O2/c21-19-7-6-17(25-19)10-14-3-1-13(2-4-14)9-16-11-18(26-24-16)15-5-8-20(22)23-12-15/h1-8,11-12H,9-10H2,(H2,22,23). The van der Waals surface area contributed by atoms with Crippen LogP contribution in [0.25, 0.3) is 11.3 Å². The van der Waals surface area contributed by atoms with E-state index in [4.69, 9.17) is 26.3 Å². The first-order valence-corrected chi connectivity index (χ1v) is 8.53. The number of aromatic nitrogens is 2. The highest BCUT2D eigenvalue weighted by atomic mass is 35.5. The van der Waals surface area contributed by atoms with E-state index in [0.29, 0.717) is 29.6 Å². The Kier molecular flexibility index (Phi) is 4.46. The Bertz CT molecular complexity index is 1000. The number of nitrogen functional groups attached to an aromatic ring is 1. The highest BCUT2D eigenvalue weighted by Crippen LogP contribution is 2.22. The van der Waals surface area contributed by atoms with Crippen LogP contribution < -0.4 is 5.73 Å². The maximum Gasteiger partial charge on any atom is 0.193 e. The number of benzene rings is 1. The third-order valence-corrected chi connectivity index (χ3v) is 4.25. The summed E-state index contributed by atoms with van der Waals surface area (Å²) in [5, 5.41) is 4.55. The van der Waals surface area contributed by atoms with Crippen LogP contribution in [0.5, 0.6) is 0 Å². The van der Waals surface area contributed by atoms with Crippen LogP contribution >= 0.6 is 11.6 Å². The van der Waals surface area contributed by atoms with Crippen LogP contribution in [0.15, 0.2) is 69.7 Å². The van der Waals surface area contributed by atoms with Crippen LogP contribution in [-0.2, 0) is 12.8 Å². The minimum atomic E-state index is 0.412. The van der Waals surface area contributed by atoms with Gasteiger partial charge in [-0.05, 0) is 47.0 Å². The van der Waals surface area contributed by atoms with E-state index in [-0.39, 0.29) is 0 Å². The Morgan fingerprint density at radius 2 is 1.69 bits per heavy atom. The fourth-order valence-corrected chi connectivity index (χ4v) is 2.88. The molecule has 0 amide bonds. The second-order valence-corrected chi connectivity index (χ2v) is 6.40. The highest BCUT2D eigenvalue weighted by molar-refractivity contribution is 6.28. The fourth-order valence-electron chi connectivity index (χ4n) is 2.71. The van der Waals surface area contributed by atoms with E-state index in [9.17, 15) is 0 Å². The van der Waals surface area contributed by atoms with E-state index < -0.39 is 0 Å². The van der Waals surface area contributed by atoms with E-state index in [0.717, 1.165) is 28.1 Å². The number of hydrogen-bond acceptors (Lipinski definition) is 5. The smallest absolute Gasteiger partial charge is 0.193 e. The quantitative estimate of drug-likeness (QED) is 0.552. The number of hydrogen-bond donors (Lipinski definition) is 1. The molecule has 6 heteroatoms. The number of rotatable bonds is 5. The van der Waals surface area contributed by atoms with Crippen LogP contribution in [0.2, 0.25) is 5.22 Å². The normalized spacial score (nSPS) is 11.0. The summed E-state index contributed by atoms with van der Waals surface area (Å²) in [6, 6.07) is 17.5. The molecule has 4 aromatic rings. The van der Waals surface area contributed by atoms with E-state index in [1.165, 1.54) is 0 Å². The van der Waals surface area contributed by atoms with Crippen molar-refractivity contribution in [3.63, 3.8) is 0 Å². The van der Waals surface area contributed by atoms with Gasteiger partial charge in [0.25, 0.3) is 0 Å². The van der Waals surface area contributed by atoms with E-state index in [2.05, 4.69) is 34.4 Å². The van der Waals surface area contributed by atoms with Gasteiger partial charge in [-0.1, -0.05) is 29.4 Å². The molecule has 0 bridgehead atoms. The second-order valence-electron chi connectivity index (χ2n) is 6.03. The Balaban J connectivity index is 1.43. The maximum atomic E-state index is 5.80. The summed E-state index contributed by atoms with van der Waals surface area (Å²) >= 11 is 5.80. The maximum absolute atomic E-state index is 5.80. The van der Waals surface area contributed by atoms with Gasteiger partial charge < -0.3 is 14.7 Å². The van der Waals surface area contributed by atoms with Crippen molar-refractivity contribution >= 4 is 17.4 Å². The lowest BCUT2D eigenvalue weighted by Gasteiger charge is -2.01. The zero-order chi connectivity index (χ0) is 17.9. The van der Waals surface area contributed by atoms with Crippen molar-refractivity contribution in [3.8, 4) is 11.3 Å². The van der Waals surface area contributed by atoms with E-state index in [1.54, 1.807) is 18.3 Å². The molecule has 0 atom stereocenters. The summed E-state index contributed by atoms with van der Waals surface area (Å²) in [6.07, 6.45) is 3.08. The Labute approximate surface area is 155 Å². The van der Waals surface area contributed by atoms with Gasteiger partial charge in [0.2, 0.25) is 0 Å². The van der Waals surface area contributed by atoms with Gasteiger partial charge in [-0.15, -0.1) is 0 Å². The van der Waals surface area contributed by atoms with Crippen molar-refractivity contribution in [2.45, 2.75) is 12.8 Å². The van der Waals surface area contributed by atoms with Gasteiger partial charge in [0, 0.05) is 30.7 Å². The molecule has 0 aliphatic heterocycles. The Hall–Kier alpha value is -3.05. The molecular formula is C20H16ClN3O2. The molecule has 2 N–H and O–H groups in total. The van der Waals surface area contributed by atoms with Crippen molar-refractivity contribution in [2.75, 3.05) is 5.73 Å². The van der Waals surface area contributed by atoms with E-state index >= 15 is 0 Å². The average molecular weight is 366 g/mol. The average Bonchev–Trinajstić information content (AvgIpc) is 3.26. The van der Waals surface area contributed by atoms with Crippen molar-refractivity contribution in [1.29, 1.82) is 0 Å². The van der Waals surface area contributed by atoms with Gasteiger partial charge in [-0.3, -0.25) is 0 Å². The second kappa shape index (κ2) is 7.06. The third kappa shape index (κ3) is 3.78. The SMILES string of the molecule is Nc1ccc(-c2cc(Cc3ccc(Cc4ccc(Cl)o4)cc3)no2)cn1. The van der Waals surface area contributed by atoms with Gasteiger partial charge >= 0.3 is 0 Å².